The molecule has 78 heavy (non-hydrogen) atoms. The van der Waals surface area contributed by atoms with Gasteiger partial charge in [-0.05, 0) is 103 Å². The normalized spacial score (nSPS) is 11.8. The highest BCUT2D eigenvalue weighted by Gasteiger charge is 2.21. The summed E-state index contributed by atoms with van der Waals surface area (Å²) in [7, 11) is 0. The van der Waals surface area contributed by atoms with Gasteiger partial charge in [0.1, 0.15) is 16.9 Å². The first-order chi connectivity index (χ1) is 38.7. The van der Waals surface area contributed by atoms with Crippen molar-refractivity contribution < 1.29 is 8.83 Å². The van der Waals surface area contributed by atoms with E-state index in [2.05, 4.69) is 249 Å². The van der Waals surface area contributed by atoms with Crippen LogP contribution in [0.4, 0.5) is 17.1 Å². The molecule has 0 amide bonds. The lowest BCUT2D eigenvalue weighted by Crippen LogP contribution is -2.09. The molecule has 10 aromatic carbocycles. The van der Waals surface area contributed by atoms with Crippen molar-refractivity contribution in [1.29, 1.82) is 0 Å². The quantitative estimate of drug-likeness (QED) is 0.166. The maximum Gasteiger partial charge on any atom is 0.227 e. The number of benzene rings is 10. The topological polar surface area (TPSA) is 70.1 Å². The van der Waals surface area contributed by atoms with Crippen LogP contribution in [0.15, 0.2) is 276 Å². The second-order valence-electron chi connectivity index (χ2n) is 19.8. The monoisotopic (exact) mass is 1000 g/mol. The molecule has 0 radical (unpaired) electrons. The second-order valence-corrected chi connectivity index (χ2v) is 19.8. The zero-order chi connectivity index (χ0) is 51.3. The number of aromatic nitrogens is 5. The van der Waals surface area contributed by atoms with E-state index in [0.29, 0.717) is 5.71 Å². The lowest BCUT2D eigenvalue weighted by molar-refractivity contribution is 0.654. The lowest BCUT2D eigenvalue weighted by atomic mass is 10.1. The molecule has 366 valence electrons. The summed E-state index contributed by atoms with van der Waals surface area (Å²) in [6.45, 7) is 0. The molecule has 0 aliphatic carbocycles. The van der Waals surface area contributed by atoms with E-state index in [9.17, 15) is 0 Å². The smallest absolute Gasteiger partial charge is 0.227 e. The number of anilines is 3. The molecule has 0 spiro atoms. The van der Waals surface area contributed by atoms with Crippen LogP contribution in [0.1, 0.15) is 0 Å². The Balaban J connectivity index is 0.000000130. The van der Waals surface area contributed by atoms with Gasteiger partial charge >= 0.3 is 0 Å². The van der Waals surface area contributed by atoms with Crippen molar-refractivity contribution in [3.63, 3.8) is 0 Å². The van der Waals surface area contributed by atoms with E-state index in [1.54, 1.807) is 0 Å². The van der Waals surface area contributed by atoms with Gasteiger partial charge in [-0.1, -0.05) is 146 Å². The highest BCUT2D eigenvalue weighted by atomic mass is 16.3. The van der Waals surface area contributed by atoms with Crippen LogP contribution in [0, 0.1) is 0 Å². The molecule has 0 saturated carbocycles. The van der Waals surface area contributed by atoms with Crippen molar-refractivity contribution in [1.82, 2.24) is 23.7 Å². The highest BCUT2D eigenvalue weighted by molar-refractivity contribution is 6.14. The fraction of sp³-hybridized carbons (Fsp3) is 0. The Bertz CT molecular complexity index is 4980. The molecule has 0 bridgehead atoms. The molecule has 17 aromatic rings. The SMILES string of the molecule is c1ccc(N(c2ccccc2)c2ccc3oc4ncc(-n5c6ccccc6c6ccccc65)cc4c3c2)cc1.c1ccc2c(c1)c1ccccc1n2-c1ccc2oc3c(-n4c5ccccc5c5ccccc54)cncc3c2c1. The van der Waals surface area contributed by atoms with E-state index in [1.807, 2.05) is 36.8 Å². The number of para-hydroxylation sites is 8. The molecule has 0 N–H and O–H groups in total. The van der Waals surface area contributed by atoms with Crippen molar-refractivity contribution in [3.05, 3.63) is 267 Å². The number of hydrogen-bond donors (Lipinski definition) is 0. The summed E-state index contributed by atoms with van der Waals surface area (Å²) in [6.07, 6.45) is 5.75. The van der Waals surface area contributed by atoms with Crippen molar-refractivity contribution in [2.24, 2.45) is 0 Å². The summed E-state index contributed by atoms with van der Waals surface area (Å²) >= 11 is 0. The summed E-state index contributed by atoms with van der Waals surface area (Å²) in [5.41, 5.74) is 16.4. The van der Waals surface area contributed by atoms with E-state index in [0.717, 1.165) is 94.5 Å². The van der Waals surface area contributed by atoms with E-state index in [4.69, 9.17) is 18.8 Å². The van der Waals surface area contributed by atoms with Gasteiger partial charge in [-0.25, -0.2) is 4.98 Å². The lowest BCUT2D eigenvalue weighted by Gasteiger charge is -2.25. The van der Waals surface area contributed by atoms with Gasteiger partial charge in [-0.2, -0.15) is 0 Å². The van der Waals surface area contributed by atoms with Gasteiger partial charge in [0.05, 0.1) is 56.6 Å². The van der Waals surface area contributed by atoms with E-state index in [1.165, 1.54) is 43.4 Å². The molecule has 8 heteroatoms. The Kier molecular flexibility index (Phi) is 9.77. The van der Waals surface area contributed by atoms with Crippen molar-refractivity contribution in [2.75, 3.05) is 4.90 Å². The summed E-state index contributed by atoms with van der Waals surface area (Å²) in [6, 6.07) is 87.2. The standard InChI is InChI=1S/C35H21N3O.C35H23N3O/c1-5-13-29-23(9-1)24-10-2-6-14-30(24)37(29)22-17-18-34-27(19-22)28-20-36-21-33(35(28)39-34)38-31-15-7-3-11-25(31)26-12-4-8-16-32(26)38;1-3-11-24(12-4-1)37(25-13-5-2-6-14-25)26-19-20-34-30(21-26)31-22-27(23-36-35(31)39-34)38-32-17-9-7-15-28(32)29-16-8-10-18-33(29)38/h1-21H;1-23H. The van der Waals surface area contributed by atoms with Crippen LogP contribution in [0.25, 0.3) is 126 Å². The summed E-state index contributed by atoms with van der Waals surface area (Å²) in [5, 5.41) is 11.5. The molecular formula is C70H44N6O2. The van der Waals surface area contributed by atoms with Gasteiger partial charge in [0.2, 0.25) is 5.71 Å². The molecule has 0 aliphatic rings. The average molecular weight is 1000 g/mol. The second kappa shape index (κ2) is 17.4. The molecule has 0 unspecified atom stereocenters. The molecular weight excluding hydrogens is 957 g/mol. The van der Waals surface area contributed by atoms with Crippen LogP contribution >= 0.6 is 0 Å². The number of furan rings is 2. The largest absolute Gasteiger partial charge is 0.454 e. The number of hydrogen-bond acceptors (Lipinski definition) is 5. The number of nitrogens with zero attached hydrogens (tertiary/aromatic N) is 6. The number of pyridine rings is 2. The van der Waals surface area contributed by atoms with Crippen LogP contribution in [-0.2, 0) is 0 Å². The Morgan fingerprint density at radius 2 is 0.718 bits per heavy atom. The highest BCUT2D eigenvalue weighted by Crippen LogP contribution is 2.42. The van der Waals surface area contributed by atoms with Crippen molar-refractivity contribution in [3.8, 4) is 17.1 Å². The zero-order valence-corrected chi connectivity index (χ0v) is 41.9. The Labute approximate surface area is 446 Å². The fourth-order valence-corrected chi connectivity index (χ4v) is 12.0. The summed E-state index contributed by atoms with van der Waals surface area (Å²) in [5.74, 6) is 0. The van der Waals surface area contributed by atoms with Crippen LogP contribution < -0.4 is 4.90 Å². The Morgan fingerprint density at radius 1 is 0.295 bits per heavy atom. The fourth-order valence-electron chi connectivity index (χ4n) is 12.0. The first kappa shape index (κ1) is 43.7. The maximum atomic E-state index is 6.58. The third-order valence-electron chi connectivity index (χ3n) is 15.4. The summed E-state index contributed by atoms with van der Waals surface area (Å²) < 4.78 is 19.7. The minimum absolute atomic E-state index is 0.637. The van der Waals surface area contributed by atoms with Gasteiger partial charge < -0.3 is 27.4 Å². The Hall–Kier alpha value is -10.7. The summed E-state index contributed by atoms with van der Waals surface area (Å²) in [4.78, 5) is 11.8. The number of fused-ring (bicyclic) bond motifs is 15. The molecule has 17 rings (SSSR count). The van der Waals surface area contributed by atoms with Crippen LogP contribution in [-0.4, -0.2) is 23.7 Å². The molecule has 0 atom stereocenters. The minimum Gasteiger partial charge on any atom is -0.454 e. The maximum absolute atomic E-state index is 6.58. The number of rotatable bonds is 6. The average Bonchev–Trinajstić information content (AvgIpc) is 4.52. The molecule has 7 heterocycles. The van der Waals surface area contributed by atoms with E-state index in [-0.39, 0.29) is 0 Å². The molecule has 7 aromatic heterocycles. The predicted octanol–water partition coefficient (Wildman–Crippen LogP) is 18.7. The van der Waals surface area contributed by atoms with E-state index >= 15 is 0 Å². The first-order valence-corrected chi connectivity index (χ1v) is 26.2. The van der Waals surface area contributed by atoms with Gasteiger partial charge in [-0.15, -0.1) is 0 Å². The third-order valence-corrected chi connectivity index (χ3v) is 15.4. The van der Waals surface area contributed by atoms with Crippen LogP contribution in [0.5, 0.6) is 0 Å². The van der Waals surface area contributed by atoms with Crippen molar-refractivity contribution in [2.45, 2.75) is 0 Å². The van der Waals surface area contributed by atoms with Gasteiger partial charge in [-0.3, -0.25) is 4.98 Å². The minimum atomic E-state index is 0.637. The Morgan fingerprint density at radius 3 is 1.24 bits per heavy atom. The van der Waals surface area contributed by atoms with Gasteiger partial charge in [0.15, 0.2) is 5.58 Å². The van der Waals surface area contributed by atoms with Crippen LogP contribution in [0.3, 0.4) is 0 Å². The van der Waals surface area contributed by atoms with Crippen molar-refractivity contribution >= 4 is 126 Å². The molecule has 0 saturated heterocycles. The van der Waals surface area contributed by atoms with Gasteiger partial charge in [0, 0.05) is 77.4 Å². The first-order valence-electron chi connectivity index (χ1n) is 26.2. The zero-order valence-electron chi connectivity index (χ0n) is 41.9. The van der Waals surface area contributed by atoms with Crippen LogP contribution in [0.2, 0.25) is 0 Å². The third kappa shape index (κ3) is 6.73. The van der Waals surface area contributed by atoms with Gasteiger partial charge in [0.25, 0.3) is 0 Å². The predicted molar refractivity (Wildman–Crippen MR) is 321 cm³/mol. The molecule has 0 fully saturated rings. The van der Waals surface area contributed by atoms with E-state index < -0.39 is 0 Å². The molecule has 0 aliphatic heterocycles. The molecule has 8 nitrogen and oxygen atoms in total.